The van der Waals surface area contributed by atoms with Crippen molar-refractivity contribution < 1.29 is 32.8 Å². The van der Waals surface area contributed by atoms with Crippen molar-refractivity contribution in [2.75, 3.05) is 13.3 Å². The summed E-state index contributed by atoms with van der Waals surface area (Å²) in [5, 5.41) is 11.1. The van der Waals surface area contributed by atoms with Gasteiger partial charge in [0.05, 0.1) is 19.8 Å². The van der Waals surface area contributed by atoms with Crippen LogP contribution in [0.3, 0.4) is 0 Å². The second-order valence-corrected chi connectivity index (χ2v) is 8.53. The molecule has 0 bridgehead atoms. The average molecular weight is 485 g/mol. The fourth-order valence-corrected chi connectivity index (χ4v) is 4.17. The predicted molar refractivity (Wildman–Crippen MR) is 127 cm³/mol. The highest BCUT2D eigenvalue weighted by atomic mass is 19.1. The largest absolute Gasteiger partial charge is 0.368 e. The summed E-state index contributed by atoms with van der Waals surface area (Å²) >= 11 is 0. The summed E-state index contributed by atoms with van der Waals surface area (Å²) in [7, 11) is 0. The van der Waals surface area contributed by atoms with Crippen molar-refractivity contribution in [2.24, 2.45) is 0 Å². The number of aliphatic hydroxyl groups is 1. The van der Waals surface area contributed by atoms with E-state index in [0.29, 0.717) is 0 Å². The summed E-state index contributed by atoms with van der Waals surface area (Å²) in [4.78, 5) is 0. The zero-order valence-electron chi connectivity index (χ0n) is 19.3. The summed E-state index contributed by atoms with van der Waals surface area (Å²) in [5.41, 5.74) is 2.56. The topological polar surface area (TPSA) is 57.2 Å². The molecule has 0 amide bonds. The summed E-state index contributed by atoms with van der Waals surface area (Å²) in [6.07, 6.45) is -4.45. The number of hydrogen-bond donors (Lipinski definition) is 1. The predicted octanol–water partition coefficient (Wildman–Crippen LogP) is 4.77. The van der Waals surface area contributed by atoms with Crippen LogP contribution in [0.25, 0.3) is 0 Å². The lowest BCUT2D eigenvalue weighted by molar-refractivity contribution is -0.370. The Labute approximate surface area is 204 Å². The van der Waals surface area contributed by atoms with E-state index < -0.39 is 43.6 Å². The third-order valence-electron chi connectivity index (χ3n) is 5.98. The number of alkyl halides is 2. The molecule has 4 rings (SSSR count). The minimum atomic E-state index is -2.39. The van der Waals surface area contributed by atoms with Crippen LogP contribution in [0, 0.1) is 0 Å². The minimum absolute atomic E-state index is 0.0775. The quantitative estimate of drug-likeness (QED) is 0.425. The number of ether oxygens (including phenoxy) is 4. The van der Waals surface area contributed by atoms with Crippen LogP contribution in [0.2, 0.25) is 0 Å². The van der Waals surface area contributed by atoms with E-state index >= 15 is 0 Å². The van der Waals surface area contributed by atoms with Crippen LogP contribution in [0.1, 0.15) is 16.7 Å². The summed E-state index contributed by atoms with van der Waals surface area (Å²) < 4.78 is 52.1. The van der Waals surface area contributed by atoms with Crippen molar-refractivity contribution in [3.05, 3.63) is 108 Å². The van der Waals surface area contributed by atoms with Crippen molar-refractivity contribution in [3.8, 4) is 0 Å². The van der Waals surface area contributed by atoms with E-state index in [0.717, 1.165) is 16.7 Å². The second-order valence-electron chi connectivity index (χ2n) is 8.53. The standard InChI is InChI=1S/C28H30F2O5/c29-16-24-25(32-17-21-10-4-1-5-11-21)26(33-18-22-12-6-2-7-13-22)27(28(31,20-30)35-24)34-19-23-14-8-3-9-15-23/h1-15,24-27,31H,16-20H2/t24?,25-,26?,27?,28+/m1/s1. The number of benzene rings is 3. The average Bonchev–Trinajstić information content (AvgIpc) is 2.92. The first-order chi connectivity index (χ1) is 17.1. The number of rotatable bonds is 11. The highest BCUT2D eigenvalue weighted by Crippen LogP contribution is 2.36. The Hall–Kier alpha value is -2.68. The van der Waals surface area contributed by atoms with Crippen LogP contribution in [-0.2, 0) is 38.8 Å². The van der Waals surface area contributed by atoms with Crippen molar-refractivity contribution >= 4 is 0 Å². The van der Waals surface area contributed by atoms with Crippen molar-refractivity contribution in [2.45, 2.75) is 50.0 Å². The molecule has 0 saturated carbocycles. The van der Waals surface area contributed by atoms with E-state index in [4.69, 9.17) is 18.9 Å². The fraction of sp³-hybridized carbons (Fsp3) is 0.357. The van der Waals surface area contributed by atoms with Gasteiger partial charge in [0.15, 0.2) is 0 Å². The molecule has 0 spiro atoms. The van der Waals surface area contributed by atoms with Crippen LogP contribution in [-0.4, -0.2) is 48.7 Å². The zero-order valence-corrected chi connectivity index (χ0v) is 19.3. The summed E-state index contributed by atoms with van der Waals surface area (Å²) in [6, 6.07) is 28.1. The van der Waals surface area contributed by atoms with Crippen molar-refractivity contribution in [1.29, 1.82) is 0 Å². The number of halogens is 2. The van der Waals surface area contributed by atoms with E-state index in [2.05, 4.69) is 0 Å². The van der Waals surface area contributed by atoms with Crippen LogP contribution < -0.4 is 0 Å². The van der Waals surface area contributed by atoms with Gasteiger partial charge in [-0.15, -0.1) is 0 Å². The van der Waals surface area contributed by atoms with Crippen molar-refractivity contribution in [3.63, 3.8) is 0 Å². The van der Waals surface area contributed by atoms with Gasteiger partial charge in [0.2, 0.25) is 5.79 Å². The van der Waals surface area contributed by atoms with Gasteiger partial charge in [-0.05, 0) is 16.7 Å². The van der Waals surface area contributed by atoms with E-state index in [1.807, 2.05) is 91.0 Å². The van der Waals surface area contributed by atoms with Gasteiger partial charge in [-0.1, -0.05) is 91.0 Å². The first-order valence-electron chi connectivity index (χ1n) is 11.6. The molecule has 0 aliphatic carbocycles. The molecule has 7 heteroatoms. The van der Waals surface area contributed by atoms with Crippen LogP contribution in [0.4, 0.5) is 8.78 Å². The maximum absolute atomic E-state index is 14.2. The molecule has 5 nitrogen and oxygen atoms in total. The molecule has 35 heavy (non-hydrogen) atoms. The maximum Gasteiger partial charge on any atom is 0.224 e. The molecule has 3 aromatic rings. The zero-order chi connectivity index (χ0) is 24.5. The van der Waals surface area contributed by atoms with Crippen LogP contribution >= 0.6 is 0 Å². The van der Waals surface area contributed by atoms with Crippen molar-refractivity contribution in [1.82, 2.24) is 0 Å². The Balaban J connectivity index is 1.61. The second kappa shape index (κ2) is 12.3. The van der Waals surface area contributed by atoms with E-state index in [9.17, 15) is 13.9 Å². The highest BCUT2D eigenvalue weighted by Gasteiger charge is 2.56. The normalized spacial score (nSPS) is 26.5. The molecule has 186 valence electrons. The summed E-state index contributed by atoms with van der Waals surface area (Å²) in [5.74, 6) is -2.39. The van der Waals surface area contributed by atoms with E-state index in [-0.39, 0.29) is 19.8 Å². The minimum Gasteiger partial charge on any atom is -0.368 e. The van der Waals surface area contributed by atoms with Gasteiger partial charge in [-0.2, -0.15) is 0 Å². The lowest BCUT2D eigenvalue weighted by Gasteiger charge is -2.48. The smallest absolute Gasteiger partial charge is 0.224 e. The molecule has 0 radical (unpaired) electrons. The molecule has 1 aliphatic rings. The SMILES string of the molecule is O[C@@]1(CF)OC(CF)[C@@H](OCc2ccccc2)C(OCc2ccccc2)C1OCc1ccccc1. The molecule has 1 fully saturated rings. The van der Waals surface area contributed by atoms with E-state index in [1.54, 1.807) is 0 Å². The first-order valence-corrected chi connectivity index (χ1v) is 11.6. The lowest BCUT2D eigenvalue weighted by Crippen LogP contribution is -2.67. The molecule has 3 aromatic carbocycles. The van der Waals surface area contributed by atoms with Gasteiger partial charge in [0.25, 0.3) is 0 Å². The molecule has 1 N–H and O–H groups in total. The Morgan fingerprint density at radius 1 is 0.657 bits per heavy atom. The Morgan fingerprint density at radius 2 is 1.09 bits per heavy atom. The highest BCUT2D eigenvalue weighted by molar-refractivity contribution is 5.16. The molecular weight excluding hydrogens is 454 g/mol. The third-order valence-corrected chi connectivity index (χ3v) is 5.98. The molecule has 5 atom stereocenters. The summed E-state index contributed by atoms with van der Waals surface area (Å²) in [6.45, 7) is -1.90. The van der Waals surface area contributed by atoms with Gasteiger partial charge in [0.1, 0.15) is 37.8 Å². The Bertz CT molecular complexity index is 1010. The fourth-order valence-electron chi connectivity index (χ4n) is 4.17. The molecule has 0 aromatic heterocycles. The van der Waals surface area contributed by atoms with Crippen LogP contribution in [0.5, 0.6) is 0 Å². The molecule has 1 saturated heterocycles. The lowest BCUT2D eigenvalue weighted by atomic mass is 9.92. The third kappa shape index (κ3) is 6.51. The Morgan fingerprint density at radius 3 is 1.51 bits per heavy atom. The Kier molecular flexibility index (Phi) is 8.95. The monoisotopic (exact) mass is 484 g/mol. The molecular formula is C28H30F2O5. The van der Waals surface area contributed by atoms with Gasteiger partial charge in [-0.3, -0.25) is 0 Å². The van der Waals surface area contributed by atoms with Crippen LogP contribution in [0.15, 0.2) is 91.0 Å². The number of hydrogen-bond acceptors (Lipinski definition) is 5. The first kappa shape index (κ1) is 25.4. The van der Waals surface area contributed by atoms with Gasteiger partial charge in [0, 0.05) is 0 Å². The van der Waals surface area contributed by atoms with Gasteiger partial charge < -0.3 is 24.1 Å². The van der Waals surface area contributed by atoms with E-state index in [1.165, 1.54) is 0 Å². The van der Waals surface area contributed by atoms with Gasteiger partial charge in [-0.25, -0.2) is 8.78 Å². The van der Waals surface area contributed by atoms with Gasteiger partial charge >= 0.3 is 0 Å². The molecule has 1 heterocycles. The molecule has 3 unspecified atom stereocenters. The maximum atomic E-state index is 14.2. The molecule has 1 aliphatic heterocycles.